The SMILES string of the molecule is CC(C)OC(=O)C1(C(=O)OC(C)C)Cc2c(C#Cc3ccccc3)c(-c3ccccc3)c3c(c2C1)C1(c2ccccc2)C=CC3(c2ccccc2)O1. The van der Waals surface area contributed by atoms with E-state index in [4.69, 9.17) is 14.2 Å². The molecule has 52 heavy (non-hydrogen) atoms. The molecular formula is C47H40O5. The van der Waals surface area contributed by atoms with E-state index in [1.165, 1.54) is 0 Å². The molecule has 5 heteroatoms. The van der Waals surface area contributed by atoms with Gasteiger partial charge in [0.15, 0.2) is 5.41 Å². The van der Waals surface area contributed by atoms with Crippen LogP contribution in [-0.2, 0) is 47.8 Å². The van der Waals surface area contributed by atoms with Gasteiger partial charge in [0, 0.05) is 40.7 Å². The molecule has 5 nitrogen and oxygen atoms in total. The molecule has 0 radical (unpaired) electrons. The molecule has 1 aliphatic carbocycles. The zero-order chi connectivity index (χ0) is 36.1. The predicted molar refractivity (Wildman–Crippen MR) is 201 cm³/mol. The first-order valence-electron chi connectivity index (χ1n) is 18.0. The van der Waals surface area contributed by atoms with Crippen LogP contribution in [0, 0.1) is 17.3 Å². The molecule has 0 saturated heterocycles. The summed E-state index contributed by atoms with van der Waals surface area (Å²) < 4.78 is 19.4. The maximum atomic E-state index is 14.4. The van der Waals surface area contributed by atoms with Crippen LogP contribution in [0.2, 0.25) is 0 Å². The van der Waals surface area contributed by atoms with Crippen LogP contribution in [0.1, 0.15) is 72.2 Å². The van der Waals surface area contributed by atoms with Gasteiger partial charge in [-0.25, -0.2) is 0 Å². The molecule has 5 aromatic rings. The smallest absolute Gasteiger partial charge is 0.324 e. The lowest BCUT2D eigenvalue weighted by Crippen LogP contribution is -2.44. The Labute approximate surface area is 305 Å². The standard InChI is InChI=1S/C47H40O5/c1-31(2)50-43(48)45(44(49)51-32(3)4)29-38-37(26-25-33-17-9-5-10-18-33)40(34-19-11-6-12-20-34)42-41(39(38)30-45)46(35-21-13-7-14-22-35)27-28-47(42,52-46)36-23-15-8-16-24-36/h5-24,27-28,31-32H,29-30H2,1-4H3. The summed E-state index contributed by atoms with van der Waals surface area (Å²) in [5.74, 6) is 5.86. The lowest BCUT2D eigenvalue weighted by atomic mass is 9.69. The van der Waals surface area contributed by atoms with Crippen molar-refractivity contribution in [2.75, 3.05) is 0 Å². The summed E-state index contributed by atoms with van der Waals surface area (Å²) in [6, 6.07) is 40.6. The number of carbonyl (C=O) groups excluding carboxylic acids is 2. The first-order valence-corrected chi connectivity index (χ1v) is 18.0. The van der Waals surface area contributed by atoms with Crippen LogP contribution in [0.5, 0.6) is 0 Å². The van der Waals surface area contributed by atoms with Gasteiger partial charge in [0.25, 0.3) is 0 Å². The second-order valence-electron chi connectivity index (χ2n) is 14.4. The minimum Gasteiger partial charge on any atom is -0.462 e. The second kappa shape index (κ2) is 12.8. The van der Waals surface area contributed by atoms with Gasteiger partial charge in [-0.1, -0.05) is 121 Å². The molecule has 0 saturated carbocycles. The fourth-order valence-corrected chi connectivity index (χ4v) is 8.20. The number of ether oxygens (including phenoxy) is 3. The molecule has 3 aliphatic rings. The third-order valence-corrected chi connectivity index (χ3v) is 10.3. The topological polar surface area (TPSA) is 61.8 Å². The molecule has 5 aromatic carbocycles. The van der Waals surface area contributed by atoms with Gasteiger partial charge in [-0.05, 0) is 79.8 Å². The molecule has 0 amide bonds. The number of hydrogen-bond acceptors (Lipinski definition) is 5. The maximum Gasteiger partial charge on any atom is 0.324 e. The monoisotopic (exact) mass is 684 g/mol. The van der Waals surface area contributed by atoms with Crippen molar-refractivity contribution in [1.29, 1.82) is 0 Å². The van der Waals surface area contributed by atoms with E-state index in [1.54, 1.807) is 27.7 Å². The molecule has 2 heterocycles. The highest BCUT2D eigenvalue weighted by atomic mass is 16.6. The lowest BCUT2D eigenvalue weighted by molar-refractivity contribution is -0.176. The van der Waals surface area contributed by atoms with E-state index in [0.717, 1.165) is 55.6 Å². The maximum absolute atomic E-state index is 14.4. The van der Waals surface area contributed by atoms with Crippen LogP contribution in [-0.4, -0.2) is 24.1 Å². The molecule has 0 aromatic heterocycles. The van der Waals surface area contributed by atoms with Crippen molar-refractivity contribution in [2.24, 2.45) is 5.41 Å². The fourth-order valence-electron chi connectivity index (χ4n) is 8.20. The zero-order valence-electron chi connectivity index (χ0n) is 29.8. The molecule has 2 unspecified atom stereocenters. The molecule has 8 rings (SSSR count). The van der Waals surface area contributed by atoms with Crippen LogP contribution >= 0.6 is 0 Å². The zero-order valence-corrected chi connectivity index (χ0v) is 29.8. The van der Waals surface area contributed by atoms with Gasteiger partial charge >= 0.3 is 11.9 Å². The normalized spacial score (nSPS) is 20.3. The summed E-state index contributed by atoms with van der Waals surface area (Å²) in [6.07, 6.45) is 3.64. The van der Waals surface area contributed by atoms with E-state index < -0.39 is 40.8 Å². The Morgan fingerprint density at radius 1 is 0.596 bits per heavy atom. The van der Waals surface area contributed by atoms with E-state index in [1.807, 2.05) is 84.9 Å². The Bertz CT molecular complexity index is 2240. The van der Waals surface area contributed by atoms with Crippen molar-refractivity contribution < 1.29 is 23.8 Å². The van der Waals surface area contributed by atoms with Gasteiger partial charge in [-0.15, -0.1) is 0 Å². The highest BCUT2D eigenvalue weighted by molar-refractivity contribution is 6.03. The average molecular weight is 685 g/mol. The first kappa shape index (κ1) is 33.4. The summed E-state index contributed by atoms with van der Waals surface area (Å²) in [5, 5.41) is 0. The summed E-state index contributed by atoms with van der Waals surface area (Å²) in [4.78, 5) is 28.8. The highest BCUT2D eigenvalue weighted by Gasteiger charge is 2.63. The minimum absolute atomic E-state index is 0.0816. The number of rotatable bonds is 7. The molecular weight excluding hydrogens is 645 g/mol. The molecule has 0 spiro atoms. The second-order valence-corrected chi connectivity index (χ2v) is 14.4. The molecule has 2 aliphatic heterocycles. The number of benzene rings is 5. The highest BCUT2D eigenvalue weighted by Crippen LogP contribution is 2.65. The van der Waals surface area contributed by atoms with Crippen molar-refractivity contribution in [3.8, 4) is 23.0 Å². The first-order chi connectivity index (χ1) is 25.2. The van der Waals surface area contributed by atoms with Crippen molar-refractivity contribution in [3.63, 3.8) is 0 Å². The minimum atomic E-state index is -1.62. The summed E-state index contributed by atoms with van der Waals surface area (Å²) in [6.45, 7) is 7.20. The fraction of sp³-hybridized carbons (Fsp3) is 0.234. The van der Waals surface area contributed by atoms with Crippen molar-refractivity contribution in [3.05, 3.63) is 178 Å². The molecule has 258 valence electrons. The van der Waals surface area contributed by atoms with Gasteiger partial charge < -0.3 is 14.2 Å². The Morgan fingerprint density at radius 3 is 1.58 bits per heavy atom. The van der Waals surface area contributed by atoms with Crippen molar-refractivity contribution in [1.82, 2.24) is 0 Å². The van der Waals surface area contributed by atoms with Crippen LogP contribution in [0.15, 0.2) is 133 Å². The van der Waals surface area contributed by atoms with E-state index in [9.17, 15) is 9.59 Å². The predicted octanol–water partition coefficient (Wildman–Crippen LogP) is 8.83. The van der Waals surface area contributed by atoms with E-state index >= 15 is 0 Å². The van der Waals surface area contributed by atoms with Crippen molar-refractivity contribution in [2.45, 2.75) is 63.9 Å². The Hall–Kier alpha value is -5.70. The lowest BCUT2D eigenvalue weighted by Gasteiger charge is -2.30. The Balaban J connectivity index is 1.53. The van der Waals surface area contributed by atoms with Gasteiger partial charge in [0.1, 0.15) is 11.2 Å². The van der Waals surface area contributed by atoms with Crippen molar-refractivity contribution >= 4 is 11.9 Å². The Kier molecular flexibility index (Phi) is 8.24. The molecule has 2 atom stereocenters. The third kappa shape index (κ3) is 5.21. The summed E-state index contributed by atoms with van der Waals surface area (Å²) >= 11 is 0. The number of fused-ring (bicyclic) bond motifs is 7. The van der Waals surface area contributed by atoms with Gasteiger partial charge in [0.05, 0.1) is 12.2 Å². The summed E-state index contributed by atoms with van der Waals surface area (Å²) in [5.41, 5.74) is 5.46. The Morgan fingerprint density at radius 2 is 1.06 bits per heavy atom. The average Bonchev–Trinajstić information content (AvgIpc) is 3.85. The molecule has 0 N–H and O–H groups in total. The van der Waals surface area contributed by atoms with E-state index in [2.05, 4.69) is 60.4 Å². The van der Waals surface area contributed by atoms with Crippen LogP contribution in [0.4, 0.5) is 0 Å². The third-order valence-electron chi connectivity index (χ3n) is 10.3. The van der Waals surface area contributed by atoms with Gasteiger partial charge in [-0.3, -0.25) is 9.59 Å². The van der Waals surface area contributed by atoms with E-state index in [0.29, 0.717) is 0 Å². The van der Waals surface area contributed by atoms with Crippen LogP contribution in [0.25, 0.3) is 11.1 Å². The van der Waals surface area contributed by atoms with Gasteiger partial charge in [-0.2, -0.15) is 0 Å². The number of carbonyl (C=O) groups is 2. The molecule has 2 bridgehead atoms. The number of esters is 2. The van der Waals surface area contributed by atoms with Gasteiger partial charge in [0.2, 0.25) is 0 Å². The quantitative estimate of drug-likeness (QED) is 0.0742. The molecule has 0 fully saturated rings. The number of hydrogen-bond donors (Lipinski definition) is 0. The van der Waals surface area contributed by atoms with Crippen LogP contribution in [0.3, 0.4) is 0 Å². The van der Waals surface area contributed by atoms with Crippen LogP contribution < -0.4 is 0 Å². The van der Waals surface area contributed by atoms with E-state index in [-0.39, 0.29) is 12.8 Å². The largest absolute Gasteiger partial charge is 0.462 e. The summed E-state index contributed by atoms with van der Waals surface area (Å²) in [7, 11) is 0.